The Labute approximate surface area is 247 Å². The summed E-state index contributed by atoms with van der Waals surface area (Å²) in [6.45, 7) is 2.00. The van der Waals surface area contributed by atoms with Crippen molar-refractivity contribution in [1.82, 2.24) is 0 Å². The highest BCUT2D eigenvalue weighted by atomic mass is 35.5. The largest absolute Gasteiger partial charge is 0.352 e. The Morgan fingerprint density at radius 2 is 1.51 bits per heavy atom. The number of halogens is 2. The van der Waals surface area contributed by atoms with E-state index in [0.29, 0.717) is 32.4 Å². The number of fused-ring (bicyclic) bond motifs is 6. The quantitative estimate of drug-likeness (QED) is 0.259. The van der Waals surface area contributed by atoms with E-state index in [0.717, 1.165) is 16.8 Å². The van der Waals surface area contributed by atoms with Crippen molar-refractivity contribution in [3.05, 3.63) is 135 Å². The van der Waals surface area contributed by atoms with E-state index in [1.165, 1.54) is 0 Å². The lowest BCUT2D eigenvalue weighted by Crippen LogP contribution is -2.51. The fraction of sp³-hybridized carbons (Fsp3) is 0.147. The standard InChI is InChI=1S/C34H24Cl2N2O3/c1-19-18-28-34(24-10-4-6-12-26(24)37-33(34)41)29(31(39)20-14-16-21(35)17-15-20)30(32(40)23-9-2-5-11-25(23)36)38(28)27-13-7-3-8-22(19)27/h2-18,28-30H,1H3,(H,37,41)/t28-,29-,30+,34-/m0/s1. The van der Waals surface area contributed by atoms with Crippen LogP contribution in [0.2, 0.25) is 10.0 Å². The molecular formula is C34H24Cl2N2O3. The fourth-order valence-electron chi connectivity index (χ4n) is 7.00. The molecule has 0 bridgehead atoms. The number of anilines is 2. The van der Waals surface area contributed by atoms with E-state index in [4.69, 9.17) is 23.2 Å². The molecule has 3 aliphatic rings. The Bertz CT molecular complexity index is 1800. The van der Waals surface area contributed by atoms with E-state index in [1.807, 2.05) is 66.4 Å². The van der Waals surface area contributed by atoms with Crippen LogP contribution in [0.4, 0.5) is 11.4 Å². The van der Waals surface area contributed by atoms with Crippen molar-refractivity contribution >= 4 is 57.6 Å². The zero-order chi connectivity index (χ0) is 28.5. The molecule has 0 aliphatic carbocycles. The number of nitrogens with one attached hydrogen (secondary N) is 1. The van der Waals surface area contributed by atoms with E-state index in [1.54, 1.807) is 48.5 Å². The number of hydrogen-bond acceptors (Lipinski definition) is 4. The van der Waals surface area contributed by atoms with Crippen molar-refractivity contribution in [2.45, 2.75) is 24.4 Å². The molecule has 1 saturated heterocycles. The number of ketones is 2. The highest BCUT2D eigenvalue weighted by molar-refractivity contribution is 6.34. The molecule has 0 radical (unpaired) electrons. The smallest absolute Gasteiger partial charge is 0.238 e. The summed E-state index contributed by atoms with van der Waals surface area (Å²) in [7, 11) is 0. The van der Waals surface area contributed by atoms with Crippen molar-refractivity contribution in [2.75, 3.05) is 10.2 Å². The normalized spacial score (nSPS) is 23.9. The predicted octanol–water partition coefficient (Wildman–Crippen LogP) is 7.24. The molecule has 4 atom stereocenters. The van der Waals surface area contributed by atoms with Crippen LogP contribution in [-0.2, 0) is 10.2 Å². The number of hydrogen-bond donors (Lipinski definition) is 1. The maximum Gasteiger partial charge on any atom is 0.238 e. The molecule has 3 aliphatic heterocycles. The predicted molar refractivity (Wildman–Crippen MR) is 162 cm³/mol. The summed E-state index contributed by atoms with van der Waals surface area (Å²) < 4.78 is 0. The van der Waals surface area contributed by atoms with Crippen LogP contribution in [0.25, 0.3) is 5.57 Å². The molecule has 3 heterocycles. The van der Waals surface area contributed by atoms with Crippen molar-refractivity contribution in [3.63, 3.8) is 0 Å². The molecule has 1 fully saturated rings. The lowest BCUT2D eigenvalue weighted by Gasteiger charge is -2.39. The van der Waals surface area contributed by atoms with Gasteiger partial charge in [0.1, 0.15) is 11.5 Å². The second-order valence-corrected chi connectivity index (χ2v) is 11.6. The van der Waals surface area contributed by atoms with Crippen molar-refractivity contribution in [1.29, 1.82) is 0 Å². The summed E-state index contributed by atoms with van der Waals surface area (Å²) in [6, 6.07) is 27.1. The third kappa shape index (κ3) is 3.59. The number of allylic oxidation sites excluding steroid dienone is 1. The second-order valence-electron chi connectivity index (χ2n) is 10.7. The third-order valence-corrected chi connectivity index (χ3v) is 9.28. The number of para-hydroxylation sites is 2. The number of carbonyl (C=O) groups excluding carboxylic acids is 3. The van der Waals surface area contributed by atoms with Gasteiger partial charge in [0, 0.05) is 33.1 Å². The van der Waals surface area contributed by atoms with Gasteiger partial charge in [0.25, 0.3) is 0 Å². The highest BCUT2D eigenvalue weighted by Crippen LogP contribution is 2.59. The summed E-state index contributed by atoms with van der Waals surface area (Å²) in [5.41, 5.74) is 3.35. The molecule has 7 rings (SSSR count). The Kier molecular flexibility index (Phi) is 5.93. The SMILES string of the molecule is CC1=C[C@@H]2N(c3ccccc31)[C@@H](C(=O)c1ccccc1Cl)[C@@H](C(=O)c1ccc(Cl)cc1)[C@@]21C(=O)Nc2ccccc21. The number of amides is 1. The average Bonchev–Trinajstić information content (AvgIpc) is 3.45. The second kappa shape index (κ2) is 9.44. The van der Waals surface area contributed by atoms with Crippen LogP contribution in [0.5, 0.6) is 0 Å². The molecule has 202 valence electrons. The van der Waals surface area contributed by atoms with Crippen LogP contribution >= 0.6 is 23.2 Å². The summed E-state index contributed by atoms with van der Waals surface area (Å²) >= 11 is 12.8. The van der Waals surface area contributed by atoms with Gasteiger partial charge in [0.15, 0.2) is 11.6 Å². The zero-order valence-electron chi connectivity index (χ0n) is 22.0. The number of nitrogens with zero attached hydrogens (tertiary/aromatic N) is 1. The minimum absolute atomic E-state index is 0.293. The molecule has 1 N–H and O–H groups in total. The molecule has 0 unspecified atom stereocenters. The van der Waals surface area contributed by atoms with Crippen LogP contribution in [0.3, 0.4) is 0 Å². The number of rotatable bonds is 4. The van der Waals surface area contributed by atoms with Gasteiger partial charge in [-0.1, -0.05) is 77.8 Å². The molecule has 1 amide bonds. The monoisotopic (exact) mass is 578 g/mol. The van der Waals surface area contributed by atoms with Gasteiger partial charge >= 0.3 is 0 Å². The lowest BCUT2D eigenvalue weighted by atomic mass is 9.64. The first-order valence-corrected chi connectivity index (χ1v) is 14.1. The molecule has 4 aromatic rings. The van der Waals surface area contributed by atoms with Gasteiger partial charge in [-0.25, -0.2) is 0 Å². The van der Waals surface area contributed by atoms with Crippen LogP contribution in [0.1, 0.15) is 38.8 Å². The first kappa shape index (κ1) is 25.8. The molecule has 0 aromatic heterocycles. The van der Waals surface area contributed by atoms with Crippen molar-refractivity contribution < 1.29 is 14.4 Å². The van der Waals surface area contributed by atoms with Crippen LogP contribution in [0, 0.1) is 5.92 Å². The molecule has 41 heavy (non-hydrogen) atoms. The van der Waals surface area contributed by atoms with Crippen LogP contribution in [0.15, 0.2) is 103 Å². The highest BCUT2D eigenvalue weighted by Gasteiger charge is 2.70. The topological polar surface area (TPSA) is 66.5 Å². The number of benzene rings is 4. The van der Waals surface area contributed by atoms with E-state index in [9.17, 15) is 14.4 Å². The van der Waals surface area contributed by atoms with Gasteiger partial charge in [-0.15, -0.1) is 0 Å². The molecule has 4 aromatic carbocycles. The van der Waals surface area contributed by atoms with Gasteiger partial charge in [0.05, 0.1) is 17.0 Å². The van der Waals surface area contributed by atoms with Gasteiger partial charge < -0.3 is 10.2 Å². The maximum absolute atomic E-state index is 14.8. The minimum atomic E-state index is -1.39. The van der Waals surface area contributed by atoms with Gasteiger partial charge in [-0.2, -0.15) is 0 Å². The first-order chi connectivity index (χ1) is 19.8. The van der Waals surface area contributed by atoms with Gasteiger partial charge in [0.2, 0.25) is 5.91 Å². The molecule has 1 spiro atoms. The maximum atomic E-state index is 14.8. The molecule has 0 saturated carbocycles. The number of carbonyl (C=O) groups is 3. The lowest BCUT2D eigenvalue weighted by molar-refractivity contribution is -0.121. The van der Waals surface area contributed by atoms with E-state index >= 15 is 0 Å². The summed E-state index contributed by atoms with van der Waals surface area (Å²) in [6.07, 6.45) is 2.03. The van der Waals surface area contributed by atoms with E-state index < -0.39 is 23.4 Å². The van der Waals surface area contributed by atoms with Gasteiger partial charge in [-0.05, 0) is 66.6 Å². The van der Waals surface area contributed by atoms with Gasteiger partial charge in [-0.3, -0.25) is 14.4 Å². The Morgan fingerprint density at radius 3 is 2.29 bits per heavy atom. The van der Waals surface area contributed by atoms with E-state index in [-0.39, 0.29) is 17.5 Å². The van der Waals surface area contributed by atoms with Crippen LogP contribution in [-0.4, -0.2) is 29.6 Å². The molecule has 5 nitrogen and oxygen atoms in total. The van der Waals surface area contributed by atoms with Crippen molar-refractivity contribution in [2.24, 2.45) is 5.92 Å². The molecular weight excluding hydrogens is 555 g/mol. The summed E-state index contributed by atoms with van der Waals surface area (Å²) in [5.74, 6) is -2.00. The third-order valence-electron chi connectivity index (χ3n) is 8.70. The zero-order valence-corrected chi connectivity index (χ0v) is 23.5. The average molecular weight is 579 g/mol. The van der Waals surface area contributed by atoms with E-state index in [2.05, 4.69) is 5.32 Å². The number of Topliss-reactive ketones (excluding diaryl/α,β-unsaturated/α-hetero) is 2. The Hall–Kier alpha value is -4.19. The summed E-state index contributed by atoms with van der Waals surface area (Å²) in [5, 5.41) is 3.83. The first-order valence-electron chi connectivity index (χ1n) is 13.4. The Morgan fingerprint density at radius 1 is 0.829 bits per heavy atom. The fourth-order valence-corrected chi connectivity index (χ4v) is 7.36. The van der Waals surface area contributed by atoms with Crippen molar-refractivity contribution in [3.8, 4) is 0 Å². The Balaban J connectivity index is 1.57. The molecule has 7 heteroatoms. The minimum Gasteiger partial charge on any atom is -0.352 e. The summed E-state index contributed by atoms with van der Waals surface area (Å²) in [4.78, 5) is 45.9. The van der Waals surface area contributed by atoms with Crippen LogP contribution < -0.4 is 10.2 Å².